The maximum Gasteiger partial charge on any atom is 0.251 e. The number of hydroxylamine groups is 1. The maximum absolute atomic E-state index is 12.0. The maximum atomic E-state index is 12.0. The van der Waals surface area contributed by atoms with Gasteiger partial charge in [-0.15, -0.1) is 0 Å². The van der Waals surface area contributed by atoms with Crippen LogP contribution < -0.4 is 15.0 Å². The Bertz CT molecular complexity index is 431. The monoisotopic (exact) mass is 267 g/mol. The fraction of sp³-hybridized carbons (Fsp3) is 0.500. The molecule has 1 amide bonds. The minimum Gasteiger partial charge on any atom is -0.493 e. The van der Waals surface area contributed by atoms with Crippen molar-refractivity contribution in [2.75, 3.05) is 21.3 Å². The van der Waals surface area contributed by atoms with E-state index in [1.165, 1.54) is 7.11 Å². The molecule has 19 heavy (non-hydrogen) atoms. The minimum absolute atomic E-state index is 0.133. The molecule has 5 heteroatoms. The summed E-state index contributed by atoms with van der Waals surface area (Å²) in [5, 5.41) is 0. The molecule has 5 nitrogen and oxygen atoms in total. The van der Waals surface area contributed by atoms with Crippen LogP contribution in [0.25, 0.3) is 0 Å². The second-order valence-corrected chi connectivity index (χ2v) is 4.51. The van der Waals surface area contributed by atoms with Gasteiger partial charge in [0.1, 0.15) is 0 Å². The van der Waals surface area contributed by atoms with Crippen LogP contribution >= 0.6 is 0 Å². The van der Waals surface area contributed by atoms with Gasteiger partial charge in [0.25, 0.3) is 5.91 Å². The van der Waals surface area contributed by atoms with Crippen molar-refractivity contribution >= 4 is 5.91 Å². The van der Waals surface area contributed by atoms with Gasteiger partial charge in [-0.3, -0.25) is 9.63 Å². The van der Waals surface area contributed by atoms with Crippen molar-refractivity contribution < 1.29 is 19.1 Å². The lowest BCUT2D eigenvalue weighted by atomic mass is 9.87. The van der Waals surface area contributed by atoms with Crippen molar-refractivity contribution in [1.82, 2.24) is 5.48 Å². The van der Waals surface area contributed by atoms with Crippen LogP contribution in [0.2, 0.25) is 0 Å². The Morgan fingerprint density at radius 1 is 1.11 bits per heavy atom. The van der Waals surface area contributed by atoms with Gasteiger partial charge in [-0.2, -0.15) is 0 Å². The molecule has 106 valence electrons. The Kier molecular flexibility index (Phi) is 5.63. The molecule has 0 spiro atoms. The highest BCUT2D eigenvalue weighted by Gasteiger charge is 2.25. The molecule has 1 aromatic rings. The van der Waals surface area contributed by atoms with Gasteiger partial charge in [0.2, 0.25) is 0 Å². The van der Waals surface area contributed by atoms with Crippen LogP contribution in [-0.4, -0.2) is 27.2 Å². The van der Waals surface area contributed by atoms with Gasteiger partial charge in [-0.1, -0.05) is 19.9 Å². The first-order valence-electron chi connectivity index (χ1n) is 6.09. The molecule has 0 bridgehead atoms. The highest BCUT2D eigenvalue weighted by Crippen LogP contribution is 2.33. The first-order valence-corrected chi connectivity index (χ1v) is 6.09. The Morgan fingerprint density at radius 2 is 1.74 bits per heavy atom. The standard InChI is InChI=1S/C14H21NO4/c1-9(2)13(14(16)15-19-5)10-6-7-11(17-3)12(8-10)18-4/h6-9,13H,1-5H3,(H,15,16). The zero-order valence-electron chi connectivity index (χ0n) is 12.0. The van der Waals surface area contributed by atoms with Crippen molar-refractivity contribution in [3.8, 4) is 11.5 Å². The van der Waals surface area contributed by atoms with Gasteiger partial charge in [-0.25, -0.2) is 5.48 Å². The Balaban J connectivity index is 3.13. The summed E-state index contributed by atoms with van der Waals surface area (Å²) in [6.07, 6.45) is 0. The van der Waals surface area contributed by atoms with Crippen LogP contribution in [0.5, 0.6) is 11.5 Å². The van der Waals surface area contributed by atoms with Crippen LogP contribution in [-0.2, 0) is 9.63 Å². The van der Waals surface area contributed by atoms with Gasteiger partial charge in [0.15, 0.2) is 11.5 Å². The summed E-state index contributed by atoms with van der Waals surface area (Å²) < 4.78 is 10.4. The van der Waals surface area contributed by atoms with Crippen molar-refractivity contribution in [1.29, 1.82) is 0 Å². The summed E-state index contributed by atoms with van der Waals surface area (Å²) in [6.45, 7) is 3.97. The molecular weight excluding hydrogens is 246 g/mol. The first-order chi connectivity index (χ1) is 9.04. The molecule has 0 saturated heterocycles. The minimum atomic E-state index is -0.306. The third kappa shape index (κ3) is 3.61. The van der Waals surface area contributed by atoms with Gasteiger partial charge >= 0.3 is 0 Å². The topological polar surface area (TPSA) is 56.8 Å². The number of carbonyl (C=O) groups excluding carboxylic acids is 1. The van der Waals surface area contributed by atoms with E-state index < -0.39 is 0 Å². The SMILES string of the molecule is CONC(=O)C(c1ccc(OC)c(OC)c1)C(C)C. The predicted molar refractivity (Wildman–Crippen MR) is 72.3 cm³/mol. The van der Waals surface area contributed by atoms with Gasteiger partial charge in [-0.05, 0) is 23.6 Å². The zero-order valence-corrected chi connectivity index (χ0v) is 12.0. The molecule has 0 aliphatic heterocycles. The molecular formula is C14H21NO4. The lowest BCUT2D eigenvalue weighted by molar-refractivity contribution is -0.133. The van der Waals surface area contributed by atoms with Crippen LogP contribution in [0, 0.1) is 5.92 Å². The van der Waals surface area contributed by atoms with Crippen molar-refractivity contribution in [3.05, 3.63) is 23.8 Å². The fourth-order valence-electron chi connectivity index (χ4n) is 2.05. The summed E-state index contributed by atoms with van der Waals surface area (Å²) >= 11 is 0. The van der Waals surface area contributed by atoms with Crippen LogP contribution in [0.4, 0.5) is 0 Å². The number of carbonyl (C=O) groups is 1. The average Bonchev–Trinajstić information content (AvgIpc) is 2.38. The fourth-order valence-corrected chi connectivity index (χ4v) is 2.05. The molecule has 0 radical (unpaired) electrons. The predicted octanol–water partition coefficient (Wildman–Crippen LogP) is 2.12. The summed E-state index contributed by atoms with van der Waals surface area (Å²) in [5.41, 5.74) is 3.24. The number of hydrogen-bond acceptors (Lipinski definition) is 4. The van der Waals surface area contributed by atoms with E-state index in [0.29, 0.717) is 11.5 Å². The summed E-state index contributed by atoms with van der Waals surface area (Å²) in [4.78, 5) is 16.7. The van der Waals surface area contributed by atoms with E-state index >= 15 is 0 Å². The van der Waals surface area contributed by atoms with Crippen molar-refractivity contribution in [3.63, 3.8) is 0 Å². The van der Waals surface area contributed by atoms with E-state index in [4.69, 9.17) is 14.3 Å². The molecule has 1 rings (SSSR count). The molecule has 1 aromatic carbocycles. The number of rotatable bonds is 6. The Hall–Kier alpha value is -1.75. The first kappa shape index (κ1) is 15.3. The van der Waals surface area contributed by atoms with Crippen LogP contribution in [0.15, 0.2) is 18.2 Å². The largest absolute Gasteiger partial charge is 0.493 e. The zero-order chi connectivity index (χ0) is 14.4. The third-order valence-corrected chi connectivity index (χ3v) is 2.92. The highest BCUT2D eigenvalue weighted by atomic mass is 16.6. The molecule has 1 atom stereocenters. The molecule has 0 heterocycles. The third-order valence-electron chi connectivity index (χ3n) is 2.92. The van der Waals surface area contributed by atoms with E-state index in [2.05, 4.69) is 5.48 Å². The summed E-state index contributed by atoms with van der Waals surface area (Å²) in [5.74, 6) is 0.898. The molecule has 0 fully saturated rings. The van der Waals surface area contributed by atoms with Crippen LogP contribution in [0.1, 0.15) is 25.3 Å². The van der Waals surface area contributed by atoms with Gasteiger partial charge in [0, 0.05) is 0 Å². The van der Waals surface area contributed by atoms with E-state index in [-0.39, 0.29) is 17.7 Å². The number of hydrogen-bond donors (Lipinski definition) is 1. The Morgan fingerprint density at radius 3 is 2.21 bits per heavy atom. The Labute approximate surface area is 113 Å². The van der Waals surface area contributed by atoms with Crippen molar-refractivity contribution in [2.24, 2.45) is 5.92 Å². The van der Waals surface area contributed by atoms with Crippen molar-refractivity contribution in [2.45, 2.75) is 19.8 Å². The molecule has 0 aliphatic rings. The number of ether oxygens (including phenoxy) is 2. The number of methoxy groups -OCH3 is 2. The summed E-state index contributed by atoms with van der Waals surface area (Å²) in [6, 6.07) is 5.48. The van der Waals surface area contributed by atoms with E-state index in [1.54, 1.807) is 20.3 Å². The van der Waals surface area contributed by atoms with E-state index in [9.17, 15) is 4.79 Å². The number of benzene rings is 1. The van der Waals surface area contributed by atoms with Gasteiger partial charge in [0.05, 0.1) is 27.2 Å². The molecule has 0 saturated carbocycles. The van der Waals surface area contributed by atoms with Gasteiger partial charge < -0.3 is 9.47 Å². The molecule has 1 N–H and O–H groups in total. The number of amides is 1. The second-order valence-electron chi connectivity index (χ2n) is 4.51. The molecule has 0 aromatic heterocycles. The average molecular weight is 267 g/mol. The van der Waals surface area contributed by atoms with E-state index in [0.717, 1.165) is 5.56 Å². The molecule has 0 aliphatic carbocycles. The lowest BCUT2D eigenvalue weighted by Crippen LogP contribution is -2.31. The van der Waals surface area contributed by atoms with Crippen LogP contribution in [0.3, 0.4) is 0 Å². The van der Waals surface area contributed by atoms with E-state index in [1.807, 2.05) is 26.0 Å². The quantitative estimate of drug-likeness (QED) is 0.802. The smallest absolute Gasteiger partial charge is 0.251 e. The normalized spacial score (nSPS) is 12.1. The molecule has 1 unspecified atom stereocenters. The lowest BCUT2D eigenvalue weighted by Gasteiger charge is -2.21. The second kappa shape index (κ2) is 6.99. The summed E-state index contributed by atoms with van der Waals surface area (Å²) in [7, 11) is 4.57. The highest BCUT2D eigenvalue weighted by molar-refractivity contribution is 5.83. The number of nitrogens with one attached hydrogen (secondary N) is 1.